The van der Waals surface area contributed by atoms with Gasteiger partial charge in [0.25, 0.3) is 0 Å². The predicted octanol–water partition coefficient (Wildman–Crippen LogP) is 0.995. The second kappa shape index (κ2) is 6.57. The molecule has 2 heterocycles. The average Bonchev–Trinajstić information content (AvgIpc) is 3.24. The third kappa shape index (κ3) is 3.25. The molecule has 1 aliphatic rings. The molecule has 1 atom stereocenters. The maximum absolute atomic E-state index is 12.1. The first-order chi connectivity index (χ1) is 10.8. The quantitative estimate of drug-likeness (QED) is 0.785. The summed E-state index contributed by atoms with van der Waals surface area (Å²) in [6.07, 6.45) is 2.33. The summed E-state index contributed by atoms with van der Waals surface area (Å²) < 4.78 is 0. The fourth-order valence-electron chi connectivity index (χ4n) is 2.63. The molecule has 22 heavy (non-hydrogen) atoms. The summed E-state index contributed by atoms with van der Waals surface area (Å²) in [6, 6.07) is 7.72. The van der Waals surface area contributed by atoms with Gasteiger partial charge in [0, 0.05) is 37.7 Å². The summed E-state index contributed by atoms with van der Waals surface area (Å²) in [7, 11) is 0. The Kier molecular flexibility index (Phi) is 4.34. The Morgan fingerprint density at radius 2 is 2.41 bits per heavy atom. The second-order valence-corrected chi connectivity index (χ2v) is 5.48. The van der Waals surface area contributed by atoms with Gasteiger partial charge in [-0.15, -0.1) is 0 Å². The molecule has 3 rings (SSSR count). The molecule has 1 aromatic carbocycles. The van der Waals surface area contributed by atoms with Crippen molar-refractivity contribution in [3.8, 4) is 11.4 Å². The van der Waals surface area contributed by atoms with Crippen molar-refractivity contribution in [2.75, 3.05) is 19.7 Å². The van der Waals surface area contributed by atoms with Gasteiger partial charge in [-0.25, -0.2) is 9.78 Å². The molecular weight excluding hydrogens is 282 g/mol. The molecule has 0 aliphatic carbocycles. The minimum atomic E-state index is -0.0824. The highest BCUT2D eigenvalue weighted by molar-refractivity contribution is 5.74. The molecule has 1 aliphatic heterocycles. The molecule has 7 heteroatoms. The van der Waals surface area contributed by atoms with E-state index < -0.39 is 0 Å². The Bertz CT molecular complexity index is 629. The van der Waals surface area contributed by atoms with E-state index in [9.17, 15) is 4.79 Å². The Hall–Kier alpha value is -2.41. The van der Waals surface area contributed by atoms with Gasteiger partial charge in [-0.3, -0.25) is 5.10 Å². The number of likely N-dealkylation sites (tertiary alicyclic amines) is 1. The van der Waals surface area contributed by atoms with Gasteiger partial charge < -0.3 is 15.3 Å². The number of aromatic nitrogens is 3. The molecule has 7 nitrogen and oxygen atoms in total. The molecule has 1 unspecified atom stereocenters. The van der Waals surface area contributed by atoms with Crippen LogP contribution in [0.15, 0.2) is 30.6 Å². The highest BCUT2D eigenvalue weighted by atomic mass is 16.3. The number of H-pyrrole nitrogens is 1. The first-order valence-corrected chi connectivity index (χ1v) is 7.34. The summed E-state index contributed by atoms with van der Waals surface area (Å²) in [4.78, 5) is 18.0. The fraction of sp³-hybridized carbons (Fsp3) is 0.400. The molecular formula is C15H19N5O2. The van der Waals surface area contributed by atoms with Crippen LogP contribution < -0.4 is 5.32 Å². The largest absolute Gasteiger partial charge is 0.396 e. The highest BCUT2D eigenvalue weighted by Gasteiger charge is 2.25. The van der Waals surface area contributed by atoms with Gasteiger partial charge in [0.2, 0.25) is 0 Å². The predicted molar refractivity (Wildman–Crippen MR) is 80.8 cm³/mol. The minimum absolute atomic E-state index is 0.0824. The molecule has 2 aromatic rings. The van der Waals surface area contributed by atoms with Crippen molar-refractivity contribution in [1.82, 2.24) is 25.4 Å². The topological polar surface area (TPSA) is 94.1 Å². The summed E-state index contributed by atoms with van der Waals surface area (Å²) in [5, 5.41) is 18.7. The average molecular weight is 301 g/mol. The van der Waals surface area contributed by atoms with E-state index in [4.69, 9.17) is 5.11 Å². The molecule has 0 saturated carbocycles. The Morgan fingerprint density at radius 3 is 3.14 bits per heavy atom. The van der Waals surface area contributed by atoms with E-state index in [0.717, 1.165) is 17.5 Å². The Balaban J connectivity index is 1.58. The Morgan fingerprint density at radius 1 is 1.50 bits per heavy atom. The lowest BCUT2D eigenvalue weighted by molar-refractivity contribution is 0.198. The molecule has 3 N–H and O–H groups in total. The van der Waals surface area contributed by atoms with Crippen molar-refractivity contribution in [2.24, 2.45) is 5.92 Å². The fourth-order valence-corrected chi connectivity index (χ4v) is 2.63. The summed E-state index contributed by atoms with van der Waals surface area (Å²) in [5.74, 6) is 0.916. The van der Waals surface area contributed by atoms with E-state index in [1.165, 1.54) is 6.33 Å². The van der Waals surface area contributed by atoms with Gasteiger partial charge in [-0.05, 0) is 18.1 Å². The number of hydrogen-bond donors (Lipinski definition) is 3. The van der Waals surface area contributed by atoms with E-state index in [1.54, 1.807) is 4.90 Å². The Labute approximate surface area is 128 Å². The number of aliphatic hydroxyl groups is 1. The molecule has 1 aromatic heterocycles. The molecule has 2 amide bonds. The zero-order chi connectivity index (χ0) is 15.4. The molecule has 1 fully saturated rings. The van der Waals surface area contributed by atoms with Crippen molar-refractivity contribution in [3.05, 3.63) is 36.2 Å². The maximum atomic E-state index is 12.1. The van der Waals surface area contributed by atoms with Crippen LogP contribution in [0.4, 0.5) is 4.79 Å². The van der Waals surface area contributed by atoms with Gasteiger partial charge >= 0.3 is 6.03 Å². The number of aromatic amines is 1. The molecule has 0 bridgehead atoms. The highest BCUT2D eigenvalue weighted by Crippen LogP contribution is 2.17. The lowest BCUT2D eigenvalue weighted by Gasteiger charge is -2.17. The number of nitrogens with one attached hydrogen (secondary N) is 2. The van der Waals surface area contributed by atoms with Gasteiger partial charge in [0.1, 0.15) is 6.33 Å². The third-order valence-electron chi connectivity index (χ3n) is 3.89. The van der Waals surface area contributed by atoms with Crippen molar-refractivity contribution in [1.29, 1.82) is 0 Å². The van der Waals surface area contributed by atoms with Crippen LogP contribution in [0, 0.1) is 5.92 Å². The lowest BCUT2D eigenvalue weighted by atomic mass is 10.1. The van der Waals surface area contributed by atoms with E-state index in [2.05, 4.69) is 20.5 Å². The van der Waals surface area contributed by atoms with Gasteiger partial charge in [-0.2, -0.15) is 5.10 Å². The van der Waals surface area contributed by atoms with E-state index in [1.807, 2.05) is 24.3 Å². The smallest absolute Gasteiger partial charge is 0.317 e. The normalized spacial score (nSPS) is 17.7. The van der Waals surface area contributed by atoms with Crippen molar-refractivity contribution in [3.63, 3.8) is 0 Å². The molecule has 0 spiro atoms. The van der Waals surface area contributed by atoms with Crippen LogP contribution in [0.5, 0.6) is 0 Å². The number of rotatable bonds is 4. The monoisotopic (exact) mass is 301 g/mol. The van der Waals surface area contributed by atoms with Crippen LogP contribution in [0.2, 0.25) is 0 Å². The van der Waals surface area contributed by atoms with Crippen LogP contribution in [-0.2, 0) is 6.54 Å². The number of carbonyl (C=O) groups is 1. The SMILES string of the molecule is O=C(NCc1cccc(-c2ncn[nH]2)c1)N1CCC(CO)C1. The number of nitrogens with zero attached hydrogens (tertiary/aromatic N) is 3. The lowest BCUT2D eigenvalue weighted by Crippen LogP contribution is -2.38. The molecule has 116 valence electrons. The third-order valence-corrected chi connectivity index (χ3v) is 3.89. The van der Waals surface area contributed by atoms with Crippen molar-refractivity contribution < 1.29 is 9.90 Å². The summed E-state index contributed by atoms with van der Waals surface area (Å²) in [5.41, 5.74) is 1.94. The number of carbonyl (C=O) groups excluding carboxylic acids is 1. The van der Waals surface area contributed by atoms with Gasteiger partial charge in [-0.1, -0.05) is 18.2 Å². The van der Waals surface area contributed by atoms with Crippen LogP contribution in [0.3, 0.4) is 0 Å². The first kappa shape index (κ1) is 14.5. The zero-order valence-electron chi connectivity index (χ0n) is 12.2. The summed E-state index contributed by atoms with van der Waals surface area (Å²) in [6.45, 7) is 1.93. The molecule has 1 saturated heterocycles. The van der Waals surface area contributed by atoms with E-state index >= 15 is 0 Å². The van der Waals surface area contributed by atoms with Crippen molar-refractivity contribution in [2.45, 2.75) is 13.0 Å². The van der Waals surface area contributed by atoms with Crippen LogP contribution in [-0.4, -0.2) is 50.9 Å². The van der Waals surface area contributed by atoms with Crippen LogP contribution in [0.25, 0.3) is 11.4 Å². The maximum Gasteiger partial charge on any atom is 0.317 e. The van der Waals surface area contributed by atoms with Gasteiger partial charge in [0.05, 0.1) is 0 Å². The number of hydrogen-bond acceptors (Lipinski definition) is 4. The summed E-state index contributed by atoms with van der Waals surface area (Å²) >= 11 is 0. The number of urea groups is 1. The number of amides is 2. The van der Waals surface area contributed by atoms with E-state index in [0.29, 0.717) is 25.5 Å². The molecule has 0 radical (unpaired) electrons. The van der Waals surface area contributed by atoms with Crippen molar-refractivity contribution >= 4 is 6.03 Å². The standard InChI is InChI=1S/C15H19N5O2/c21-9-12-4-5-20(8-12)15(22)16-7-11-2-1-3-13(6-11)14-17-10-18-19-14/h1-3,6,10,12,21H,4-5,7-9H2,(H,16,22)(H,17,18,19). The second-order valence-electron chi connectivity index (χ2n) is 5.48. The van der Waals surface area contributed by atoms with Gasteiger partial charge in [0.15, 0.2) is 5.82 Å². The number of aliphatic hydroxyl groups excluding tert-OH is 1. The van der Waals surface area contributed by atoms with Crippen LogP contribution in [0.1, 0.15) is 12.0 Å². The van der Waals surface area contributed by atoms with Crippen LogP contribution >= 0.6 is 0 Å². The first-order valence-electron chi connectivity index (χ1n) is 7.34. The number of benzene rings is 1. The zero-order valence-corrected chi connectivity index (χ0v) is 12.2. The van der Waals surface area contributed by atoms with E-state index in [-0.39, 0.29) is 18.6 Å². The minimum Gasteiger partial charge on any atom is -0.396 e.